The number of pyridine rings is 1. The van der Waals surface area contributed by atoms with Gasteiger partial charge >= 0.3 is 6.03 Å². The number of carbonyl (C=O) groups is 3. The van der Waals surface area contributed by atoms with Crippen molar-refractivity contribution >= 4 is 46.2 Å². The van der Waals surface area contributed by atoms with E-state index in [0.29, 0.717) is 27.5 Å². The number of amides is 4. The van der Waals surface area contributed by atoms with Crippen LogP contribution < -0.4 is 20.7 Å². The van der Waals surface area contributed by atoms with Gasteiger partial charge in [-0.25, -0.2) is 9.78 Å². The lowest BCUT2D eigenvalue weighted by molar-refractivity contribution is -0.117. The number of urea groups is 1. The number of carbonyl (C=O) groups excluding carboxylic acids is 3. The van der Waals surface area contributed by atoms with Crippen LogP contribution in [-0.2, 0) is 4.79 Å². The third-order valence-electron chi connectivity index (χ3n) is 4.80. The van der Waals surface area contributed by atoms with E-state index in [4.69, 9.17) is 4.74 Å². The van der Waals surface area contributed by atoms with Gasteiger partial charge in [-0.1, -0.05) is 30.0 Å². The van der Waals surface area contributed by atoms with Gasteiger partial charge in [-0.3, -0.25) is 14.9 Å². The summed E-state index contributed by atoms with van der Waals surface area (Å²) in [6.45, 7) is 0. The van der Waals surface area contributed by atoms with Gasteiger partial charge in [0.25, 0.3) is 5.91 Å². The minimum absolute atomic E-state index is 0.0228. The van der Waals surface area contributed by atoms with Crippen molar-refractivity contribution in [2.45, 2.75) is 23.9 Å². The molecule has 1 fully saturated rings. The molecule has 9 heteroatoms. The number of hydrogen-bond donors (Lipinski definition) is 3. The van der Waals surface area contributed by atoms with Gasteiger partial charge in [0.1, 0.15) is 5.75 Å². The summed E-state index contributed by atoms with van der Waals surface area (Å²) in [5.74, 6) is 0.0261. The molecule has 1 saturated carbocycles. The average molecular weight is 451 g/mol. The Morgan fingerprint density at radius 1 is 1.09 bits per heavy atom. The first-order valence-electron chi connectivity index (χ1n) is 10.1. The lowest BCUT2D eigenvalue weighted by Crippen LogP contribution is -2.35. The molecule has 0 spiro atoms. The molecule has 1 aliphatic rings. The molecule has 1 aromatic heterocycles. The summed E-state index contributed by atoms with van der Waals surface area (Å²) in [5, 5.41) is 9.17. The quantitative estimate of drug-likeness (QED) is 0.475. The minimum Gasteiger partial charge on any atom is -0.497 e. The van der Waals surface area contributed by atoms with Gasteiger partial charge in [-0.05, 0) is 49.2 Å². The first kappa shape index (κ1) is 21.6. The Morgan fingerprint density at radius 2 is 1.84 bits per heavy atom. The van der Waals surface area contributed by atoms with Crippen LogP contribution >= 0.6 is 11.8 Å². The molecule has 0 bridgehead atoms. The largest absolute Gasteiger partial charge is 0.497 e. The Kier molecular flexibility index (Phi) is 6.55. The lowest BCUT2D eigenvalue weighted by Gasteiger charge is -2.10. The summed E-state index contributed by atoms with van der Waals surface area (Å²) in [4.78, 5) is 41.5. The van der Waals surface area contributed by atoms with Crippen LogP contribution in [0.3, 0.4) is 0 Å². The number of rotatable bonds is 7. The average Bonchev–Trinajstić information content (AvgIpc) is 3.61. The van der Waals surface area contributed by atoms with Gasteiger partial charge in [0.05, 0.1) is 29.0 Å². The Morgan fingerprint density at radius 3 is 2.56 bits per heavy atom. The number of fused-ring (bicyclic) bond motifs is 1. The van der Waals surface area contributed by atoms with E-state index in [9.17, 15) is 14.4 Å². The molecule has 0 aliphatic heterocycles. The van der Waals surface area contributed by atoms with Gasteiger partial charge < -0.3 is 15.4 Å². The van der Waals surface area contributed by atoms with Crippen LogP contribution in [-0.4, -0.2) is 41.7 Å². The second kappa shape index (κ2) is 9.69. The van der Waals surface area contributed by atoms with Gasteiger partial charge in [0.15, 0.2) is 0 Å². The summed E-state index contributed by atoms with van der Waals surface area (Å²) in [7, 11) is 1.55. The molecule has 8 nitrogen and oxygen atoms in total. The summed E-state index contributed by atoms with van der Waals surface area (Å²) in [6, 6.07) is 15.4. The van der Waals surface area contributed by atoms with Crippen molar-refractivity contribution in [1.29, 1.82) is 0 Å². The number of thioether (sulfide) groups is 1. The van der Waals surface area contributed by atoms with Crippen molar-refractivity contribution in [3.8, 4) is 5.75 Å². The monoisotopic (exact) mass is 450 g/mol. The second-order valence-electron chi connectivity index (χ2n) is 7.29. The fourth-order valence-corrected chi connectivity index (χ4v) is 3.76. The van der Waals surface area contributed by atoms with E-state index in [-0.39, 0.29) is 17.7 Å². The van der Waals surface area contributed by atoms with Crippen LogP contribution in [0.1, 0.15) is 23.2 Å². The predicted octanol–water partition coefficient (Wildman–Crippen LogP) is 3.58. The maximum Gasteiger partial charge on any atom is 0.325 e. The van der Waals surface area contributed by atoms with Crippen molar-refractivity contribution < 1.29 is 19.1 Å². The first-order valence-corrected chi connectivity index (χ1v) is 11.1. The molecule has 4 rings (SSSR count). The molecule has 0 radical (unpaired) electrons. The number of nitrogens with zero attached hydrogens (tertiary/aromatic N) is 1. The molecular formula is C23H22N4O4S. The van der Waals surface area contributed by atoms with Crippen LogP contribution in [0.15, 0.2) is 59.6 Å². The highest BCUT2D eigenvalue weighted by Gasteiger charge is 2.25. The molecule has 0 saturated heterocycles. The van der Waals surface area contributed by atoms with E-state index in [2.05, 4.69) is 20.9 Å². The molecule has 1 heterocycles. The Balaban J connectivity index is 1.37. The van der Waals surface area contributed by atoms with Crippen LogP contribution in [0.25, 0.3) is 10.9 Å². The minimum atomic E-state index is -0.628. The molecule has 0 unspecified atom stereocenters. The Labute approximate surface area is 189 Å². The topological polar surface area (TPSA) is 109 Å². The molecule has 3 aromatic rings. The van der Waals surface area contributed by atoms with Crippen molar-refractivity contribution in [2.75, 3.05) is 18.2 Å². The van der Waals surface area contributed by atoms with E-state index in [1.807, 2.05) is 24.3 Å². The number of ether oxygens (including phenoxy) is 1. The zero-order valence-corrected chi connectivity index (χ0v) is 18.2. The van der Waals surface area contributed by atoms with Gasteiger partial charge in [-0.15, -0.1) is 0 Å². The van der Waals surface area contributed by atoms with E-state index in [1.54, 1.807) is 37.4 Å². The SMILES string of the molecule is COc1ccc(NC(=O)NC(=O)CSc2cc(C(=O)NC3CC3)c3ccccc3n2)cc1. The van der Waals surface area contributed by atoms with Crippen LogP contribution in [0.2, 0.25) is 0 Å². The zero-order valence-electron chi connectivity index (χ0n) is 17.4. The van der Waals surface area contributed by atoms with Crippen molar-refractivity contribution in [2.24, 2.45) is 0 Å². The molecular weight excluding hydrogens is 428 g/mol. The van der Waals surface area contributed by atoms with Crippen LogP contribution in [0.5, 0.6) is 5.75 Å². The third kappa shape index (κ3) is 5.55. The highest BCUT2D eigenvalue weighted by Crippen LogP contribution is 2.26. The highest BCUT2D eigenvalue weighted by molar-refractivity contribution is 7.99. The van der Waals surface area contributed by atoms with E-state index >= 15 is 0 Å². The van der Waals surface area contributed by atoms with Crippen molar-refractivity contribution in [3.05, 3.63) is 60.2 Å². The maximum absolute atomic E-state index is 12.7. The Bertz CT molecular complexity index is 1160. The molecule has 4 amide bonds. The molecule has 1 aliphatic carbocycles. The fourth-order valence-electron chi connectivity index (χ4n) is 3.04. The predicted molar refractivity (Wildman–Crippen MR) is 123 cm³/mol. The van der Waals surface area contributed by atoms with E-state index in [1.165, 1.54) is 0 Å². The van der Waals surface area contributed by atoms with E-state index in [0.717, 1.165) is 30.0 Å². The number of para-hydroxylation sites is 1. The van der Waals surface area contributed by atoms with Crippen molar-refractivity contribution in [3.63, 3.8) is 0 Å². The van der Waals surface area contributed by atoms with Gasteiger partial charge in [0.2, 0.25) is 5.91 Å². The summed E-state index contributed by atoms with van der Waals surface area (Å²) < 4.78 is 5.07. The maximum atomic E-state index is 12.7. The normalized spacial score (nSPS) is 12.8. The summed E-state index contributed by atoms with van der Waals surface area (Å²) >= 11 is 1.16. The van der Waals surface area contributed by atoms with Crippen LogP contribution in [0, 0.1) is 0 Å². The number of imide groups is 1. The molecule has 164 valence electrons. The summed E-state index contributed by atoms with van der Waals surface area (Å²) in [5.41, 5.74) is 1.74. The number of hydrogen-bond acceptors (Lipinski definition) is 6. The first-order chi connectivity index (χ1) is 15.5. The smallest absolute Gasteiger partial charge is 0.325 e. The number of nitrogens with one attached hydrogen (secondary N) is 3. The second-order valence-corrected chi connectivity index (χ2v) is 8.29. The highest BCUT2D eigenvalue weighted by atomic mass is 32.2. The molecule has 32 heavy (non-hydrogen) atoms. The van der Waals surface area contributed by atoms with Crippen LogP contribution in [0.4, 0.5) is 10.5 Å². The fraction of sp³-hybridized carbons (Fsp3) is 0.217. The molecule has 3 N–H and O–H groups in total. The Hall–Kier alpha value is -3.59. The zero-order chi connectivity index (χ0) is 22.5. The summed E-state index contributed by atoms with van der Waals surface area (Å²) in [6.07, 6.45) is 1.99. The van der Waals surface area contributed by atoms with Gasteiger partial charge in [-0.2, -0.15) is 0 Å². The molecule has 0 atom stereocenters. The number of methoxy groups -OCH3 is 1. The number of benzene rings is 2. The van der Waals surface area contributed by atoms with Gasteiger partial charge in [0, 0.05) is 17.1 Å². The third-order valence-corrected chi connectivity index (χ3v) is 5.71. The standard InChI is InChI=1S/C23H22N4O4S/c1-31-16-10-8-15(9-11-16)25-23(30)27-20(28)13-32-21-12-18(22(29)24-14-6-7-14)17-4-2-3-5-19(17)26-21/h2-5,8-12,14H,6-7,13H2,1H3,(H,24,29)(H2,25,27,28,30). The molecule has 2 aromatic carbocycles. The lowest BCUT2D eigenvalue weighted by atomic mass is 10.1. The van der Waals surface area contributed by atoms with E-state index < -0.39 is 11.9 Å². The number of aromatic nitrogens is 1. The number of anilines is 1. The van der Waals surface area contributed by atoms with Crippen molar-refractivity contribution in [1.82, 2.24) is 15.6 Å².